The van der Waals surface area contributed by atoms with Crippen LogP contribution >= 0.6 is 11.6 Å². The van der Waals surface area contributed by atoms with E-state index in [1.165, 1.54) is 17.7 Å². The summed E-state index contributed by atoms with van der Waals surface area (Å²) in [5.74, 6) is 1.15. The van der Waals surface area contributed by atoms with Crippen LogP contribution in [0.4, 0.5) is 20.7 Å². The number of rotatable bonds is 5. The van der Waals surface area contributed by atoms with Crippen LogP contribution in [0.5, 0.6) is 0 Å². The van der Waals surface area contributed by atoms with Gasteiger partial charge in [0.05, 0.1) is 16.8 Å². The summed E-state index contributed by atoms with van der Waals surface area (Å²) in [5.41, 5.74) is 5.17. The quantitative estimate of drug-likeness (QED) is 0.274. The summed E-state index contributed by atoms with van der Waals surface area (Å²) >= 11 is 5.97. The Hall–Kier alpha value is -4.50. The second kappa shape index (κ2) is 11.2. The molecule has 1 aliphatic rings. The number of hydrogen-bond acceptors (Lipinski definition) is 5. The Kier molecular flexibility index (Phi) is 7.28. The Morgan fingerprint density at radius 2 is 1.59 bits per heavy atom. The molecule has 1 aliphatic heterocycles. The number of urea groups is 1. The zero-order chi connectivity index (χ0) is 28.5. The number of carbonyl (C=O) groups excluding carboxylic acids is 1. The average molecular weight is 570 g/mol. The van der Waals surface area contributed by atoms with Gasteiger partial charge in [-0.3, -0.25) is 0 Å². The Bertz CT molecular complexity index is 1690. The molecule has 41 heavy (non-hydrogen) atoms. The van der Waals surface area contributed by atoms with Crippen LogP contribution in [-0.4, -0.2) is 56.9 Å². The lowest BCUT2D eigenvalue weighted by atomic mass is 10.1. The Labute approximate surface area is 242 Å². The molecule has 0 aliphatic carbocycles. The maximum absolute atomic E-state index is 13.7. The lowest BCUT2D eigenvalue weighted by Crippen LogP contribution is -2.50. The summed E-state index contributed by atoms with van der Waals surface area (Å²) in [6.45, 7) is 6.26. The van der Waals surface area contributed by atoms with Gasteiger partial charge in [-0.2, -0.15) is 5.10 Å². The fourth-order valence-corrected chi connectivity index (χ4v) is 5.15. The molecule has 6 rings (SSSR count). The van der Waals surface area contributed by atoms with Crippen molar-refractivity contribution in [2.24, 2.45) is 0 Å². The van der Waals surface area contributed by atoms with E-state index in [1.54, 1.807) is 46.0 Å². The minimum Gasteiger partial charge on any atom is -0.352 e. The highest BCUT2D eigenvalue weighted by molar-refractivity contribution is 6.30. The van der Waals surface area contributed by atoms with Crippen molar-refractivity contribution in [1.82, 2.24) is 24.6 Å². The van der Waals surface area contributed by atoms with Gasteiger partial charge in [0.15, 0.2) is 5.65 Å². The first-order chi connectivity index (χ1) is 19.8. The van der Waals surface area contributed by atoms with Gasteiger partial charge in [0.2, 0.25) is 0 Å². The van der Waals surface area contributed by atoms with Crippen LogP contribution in [0.3, 0.4) is 0 Å². The van der Waals surface area contributed by atoms with Crippen LogP contribution in [0, 0.1) is 19.7 Å². The highest BCUT2D eigenvalue weighted by Gasteiger charge is 2.26. The standard InChI is InChI=1S/C31H29ClFN7O/c1-20-3-5-22(6-4-20)19-27-35-29(28-21(2)37-40(30(28)36-27)26-13-9-24(33)10-14-26)38-15-17-39(18-16-38)31(41)34-25-11-7-23(32)8-12-25/h3-14H,15-19H2,1-2H3,(H,34,41). The molecule has 1 fully saturated rings. The number of nitrogens with one attached hydrogen (secondary N) is 1. The van der Waals surface area contributed by atoms with Gasteiger partial charge in [0.25, 0.3) is 0 Å². The molecule has 3 aromatic carbocycles. The van der Waals surface area contributed by atoms with Crippen LogP contribution in [0.1, 0.15) is 22.6 Å². The van der Waals surface area contributed by atoms with E-state index in [4.69, 9.17) is 26.7 Å². The zero-order valence-corrected chi connectivity index (χ0v) is 23.6. The largest absolute Gasteiger partial charge is 0.352 e. The van der Waals surface area contributed by atoms with Crippen molar-refractivity contribution in [3.63, 3.8) is 0 Å². The van der Waals surface area contributed by atoms with Gasteiger partial charge in [-0.15, -0.1) is 0 Å². The minimum atomic E-state index is -0.310. The average Bonchev–Trinajstić information content (AvgIpc) is 3.31. The second-order valence-corrected chi connectivity index (χ2v) is 10.6. The summed E-state index contributed by atoms with van der Waals surface area (Å²) in [6.07, 6.45) is 0.556. The molecule has 0 radical (unpaired) electrons. The van der Waals surface area contributed by atoms with Gasteiger partial charge in [0.1, 0.15) is 17.5 Å². The molecule has 2 amide bonds. The topological polar surface area (TPSA) is 79.2 Å². The molecular weight excluding hydrogens is 541 g/mol. The normalized spacial score (nSPS) is 13.6. The number of fused-ring (bicyclic) bond motifs is 1. The van der Waals surface area contributed by atoms with Gasteiger partial charge < -0.3 is 15.1 Å². The molecule has 208 valence electrons. The minimum absolute atomic E-state index is 0.153. The molecule has 0 unspecified atom stereocenters. The van der Waals surface area contributed by atoms with Gasteiger partial charge in [-0.05, 0) is 67.9 Å². The first kappa shape index (κ1) is 26.7. The van der Waals surface area contributed by atoms with Gasteiger partial charge in [-0.1, -0.05) is 41.4 Å². The summed E-state index contributed by atoms with van der Waals surface area (Å²) < 4.78 is 15.4. The third-order valence-electron chi connectivity index (χ3n) is 7.25. The van der Waals surface area contributed by atoms with Crippen molar-refractivity contribution >= 4 is 40.2 Å². The number of nitrogens with zero attached hydrogens (tertiary/aromatic N) is 6. The molecule has 8 nitrogen and oxygen atoms in total. The number of anilines is 2. The first-order valence-corrected chi connectivity index (χ1v) is 13.9. The second-order valence-electron chi connectivity index (χ2n) is 10.2. The molecule has 0 saturated carbocycles. The van der Waals surface area contributed by atoms with Crippen LogP contribution in [0.2, 0.25) is 5.02 Å². The third-order valence-corrected chi connectivity index (χ3v) is 7.50. The number of aryl methyl sites for hydroxylation is 2. The monoisotopic (exact) mass is 569 g/mol. The zero-order valence-electron chi connectivity index (χ0n) is 22.8. The van der Waals surface area contributed by atoms with Crippen LogP contribution in [0.15, 0.2) is 72.8 Å². The van der Waals surface area contributed by atoms with E-state index in [0.29, 0.717) is 54.8 Å². The van der Waals surface area contributed by atoms with E-state index in [0.717, 1.165) is 28.1 Å². The van der Waals surface area contributed by atoms with Gasteiger partial charge >= 0.3 is 6.03 Å². The van der Waals surface area contributed by atoms with Crippen LogP contribution < -0.4 is 10.2 Å². The van der Waals surface area contributed by atoms with Crippen molar-refractivity contribution in [3.05, 3.63) is 106 Å². The van der Waals surface area contributed by atoms with E-state index in [2.05, 4.69) is 41.4 Å². The highest BCUT2D eigenvalue weighted by Crippen LogP contribution is 2.30. The number of amides is 2. The Balaban J connectivity index is 1.31. The van der Waals surface area contributed by atoms with E-state index in [-0.39, 0.29) is 11.8 Å². The van der Waals surface area contributed by atoms with E-state index in [1.807, 2.05) is 6.92 Å². The number of hydrogen-bond donors (Lipinski definition) is 1. The summed E-state index contributed by atoms with van der Waals surface area (Å²) in [7, 11) is 0. The third kappa shape index (κ3) is 5.71. The van der Waals surface area contributed by atoms with E-state index >= 15 is 0 Å². The predicted octanol–water partition coefficient (Wildman–Crippen LogP) is 6.17. The molecule has 5 aromatic rings. The molecule has 0 spiro atoms. The lowest BCUT2D eigenvalue weighted by Gasteiger charge is -2.35. The molecule has 3 heterocycles. The number of piperazine rings is 1. The summed E-state index contributed by atoms with van der Waals surface area (Å²) in [4.78, 5) is 26.9. The summed E-state index contributed by atoms with van der Waals surface area (Å²) in [6, 6.07) is 21.5. The van der Waals surface area contributed by atoms with Crippen LogP contribution in [0.25, 0.3) is 16.7 Å². The molecule has 0 bridgehead atoms. The number of benzene rings is 3. The molecular formula is C31H29ClFN7O. The van der Waals surface area contributed by atoms with Crippen molar-refractivity contribution in [2.45, 2.75) is 20.3 Å². The molecule has 1 saturated heterocycles. The Morgan fingerprint density at radius 1 is 0.902 bits per heavy atom. The molecule has 0 atom stereocenters. The maximum atomic E-state index is 13.7. The summed E-state index contributed by atoms with van der Waals surface area (Å²) in [5, 5.41) is 9.19. The predicted molar refractivity (Wildman–Crippen MR) is 160 cm³/mol. The fraction of sp³-hybridized carbons (Fsp3) is 0.226. The van der Waals surface area contributed by atoms with Gasteiger partial charge in [0, 0.05) is 43.3 Å². The fourth-order valence-electron chi connectivity index (χ4n) is 5.02. The van der Waals surface area contributed by atoms with Crippen molar-refractivity contribution in [1.29, 1.82) is 0 Å². The van der Waals surface area contributed by atoms with E-state index in [9.17, 15) is 9.18 Å². The number of aromatic nitrogens is 4. The SMILES string of the molecule is Cc1ccc(Cc2nc(N3CCN(C(=O)Nc4ccc(Cl)cc4)CC3)c3c(C)nn(-c4ccc(F)cc4)c3n2)cc1. The number of halogens is 2. The van der Waals surface area contributed by atoms with E-state index < -0.39 is 0 Å². The highest BCUT2D eigenvalue weighted by atomic mass is 35.5. The molecule has 1 N–H and O–H groups in total. The first-order valence-electron chi connectivity index (χ1n) is 13.5. The van der Waals surface area contributed by atoms with Crippen LogP contribution in [-0.2, 0) is 6.42 Å². The molecule has 2 aromatic heterocycles. The van der Waals surface area contributed by atoms with Crippen molar-refractivity contribution in [3.8, 4) is 5.69 Å². The van der Waals surface area contributed by atoms with Gasteiger partial charge in [-0.25, -0.2) is 23.8 Å². The number of carbonyl (C=O) groups is 1. The Morgan fingerprint density at radius 3 is 2.27 bits per heavy atom. The van der Waals surface area contributed by atoms with Crippen molar-refractivity contribution < 1.29 is 9.18 Å². The maximum Gasteiger partial charge on any atom is 0.321 e. The smallest absolute Gasteiger partial charge is 0.321 e. The van der Waals surface area contributed by atoms with Crippen molar-refractivity contribution in [2.75, 3.05) is 36.4 Å². The molecule has 10 heteroatoms. The lowest BCUT2D eigenvalue weighted by molar-refractivity contribution is 0.208.